The number of benzene rings is 1. The number of rotatable bonds is 2. The van der Waals surface area contributed by atoms with Gasteiger partial charge in [-0.2, -0.15) is 0 Å². The molecule has 0 saturated heterocycles. The maximum absolute atomic E-state index is 13.9. The second-order valence-corrected chi connectivity index (χ2v) is 3.53. The molecule has 0 aromatic heterocycles. The number of hydrogen-bond donors (Lipinski definition) is 0. The van der Waals surface area contributed by atoms with Gasteiger partial charge in [-0.25, -0.2) is 4.39 Å². The van der Waals surface area contributed by atoms with Crippen LogP contribution >= 0.6 is 0 Å². The van der Waals surface area contributed by atoms with Crippen LogP contribution in [0.2, 0.25) is 0 Å². The lowest BCUT2D eigenvalue weighted by molar-refractivity contribution is 0.263. The molecule has 0 aliphatic rings. The van der Waals surface area contributed by atoms with Gasteiger partial charge in [0.2, 0.25) is 0 Å². The van der Waals surface area contributed by atoms with Crippen LogP contribution in [0.25, 0.3) is 0 Å². The van der Waals surface area contributed by atoms with E-state index in [0.717, 1.165) is 11.1 Å². The monoisotopic (exact) mass is 178 g/mol. The van der Waals surface area contributed by atoms with Crippen LogP contribution < -0.4 is 0 Å². The Hall–Kier alpha value is -1.11. The Labute approximate surface area is 79.1 Å². The first kappa shape index (κ1) is 9.97. The van der Waals surface area contributed by atoms with Crippen LogP contribution in [0.4, 0.5) is 4.39 Å². The van der Waals surface area contributed by atoms with Crippen molar-refractivity contribution in [3.8, 4) is 0 Å². The normalized spacial score (nSPS) is 15.1. The smallest absolute Gasteiger partial charge is 0.151 e. The van der Waals surface area contributed by atoms with E-state index in [2.05, 4.69) is 6.58 Å². The van der Waals surface area contributed by atoms with Crippen LogP contribution in [-0.4, -0.2) is 0 Å². The summed E-state index contributed by atoms with van der Waals surface area (Å²) in [6, 6.07) is 5.67. The van der Waals surface area contributed by atoms with Gasteiger partial charge in [0.05, 0.1) is 0 Å². The van der Waals surface area contributed by atoms with Gasteiger partial charge in [-0.3, -0.25) is 0 Å². The van der Waals surface area contributed by atoms with E-state index in [9.17, 15) is 4.39 Å². The summed E-state index contributed by atoms with van der Waals surface area (Å²) in [5, 5.41) is 0. The average Bonchev–Trinajstić information content (AvgIpc) is 2.09. The highest BCUT2D eigenvalue weighted by Crippen LogP contribution is 2.30. The molecule has 0 heterocycles. The molecule has 1 aromatic carbocycles. The fraction of sp³-hybridized carbons (Fsp3) is 0.333. The summed E-state index contributed by atoms with van der Waals surface area (Å²) < 4.78 is 13.9. The van der Waals surface area contributed by atoms with Crippen molar-refractivity contribution in [2.24, 2.45) is 0 Å². The summed E-state index contributed by atoms with van der Waals surface area (Å²) >= 11 is 0. The zero-order chi connectivity index (χ0) is 10.1. The molecule has 0 saturated carbocycles. The number of alkyl halides is 1. The lowest BCUT2D eigenvalue weighted by Gasteiger charge is -2.19. The molecule has 0 nitrogen and oxygen atoms in total. The lowest BCUT2D eigenvalue weighted by atomic mass is 9.91. The van der Waals surface area contributed by atoms with E-state index in [4.69, 9.17) is 0 Å². The molecule has 70 valence electrons. The first-order chi connectivity index (χ1) is 5.99. The predicted octanol–water partition coefficient (Wildman–Crippen LogP) is 3.67. The van der Waals surface area contributed by atoms with Crippen LogP contribution in [0, 0.1) is 13.8 Å². The molecule has 1 aromatic rings. The van der Waals surface area contributed by atoms with Gasteiger partial charge in [0, 0.05) is 0 Å². The summed E-state index contributed by atoms with van der Waals surface area (Å²) in [5.41, 5.74) is 1.41. The number of allylic oxidation sites excluding steroid dienone is 1. The lowest BCUT2D eigenvalue weighted by Crippen LogP contribution is -2.13. The third-order valence-corrected chi connectivity index (χ3v) is 2.51. The predicted molar refractivity (Wildman–Crippen MR) is 54.6 cm³/mol. The minimum atomic E-state index is -1.42. The minimum absolute atomic E-state index is 0.711. The quantitative estimate of drug-likeness (QED) is 0.606. The van der Waals surface area contributed by atoms with Crippen molar-refractivity contribution >= 4 is 0 Å². The summed E-state index contributed by atoms with van der Waals surface area (Å²) in [7, 11) is 0. The topological polar surface area (TPSA) is 0 Å². The number of aryl methyl sites for hydroxylation is 1. The highest BCUT2D eigenvalue weighted by Gasteiger charge is 2.23. The number of halogens is 1. The molecule has 1 atom stereocenters. The van der Waals surface area contributed by atoms with E-state index in [1.165, 1.54) is 13.0 Å². The Morgan fingerprint density at radius 2 is 2.00 bits per heavy atom. The molecule has 1 rings (SSSR count). The zero-order valence-corrected chi connectivity index (χ0v) is 8.39. The van der Waals surface area contributed by atoms with Gasteiger partial charge in [-0.1, -0.05) is 30.9 Å². The Bertz CT molecular complexity index is 324. The molecule has 0 bridgehead atoms. The largest absolute Gasteiger partial charge is 0.234 e. The SMILES string of the molecule is C=CC(C)(F)c1cccc(C)c1C. The van der Waals surface area contributed by atoms with Crippen molar-refractivity contribution in [1.29, 1.82) is 0 Å². The standard InChI is InChI=1S/C12H15F/c1-5-12(4,13)11-8-6-7-9(2)10(11)3/h5-8H,1H2,2-4H3. The first-order valence-corrected chi connectivity index (χ1v) is 4.38. The van der Waals surface area contributed by atoms with Crippen molar-refractivity contribution < 1.29 is 4.39 Å². The van der Waals surface area contributed by atoms with Gasteiger partial charge >= 0.3 is 0 Å². The van der Waals surface area contributed by atoms with Crippen LogP contribution in [0.5, 0.6) is 0 Å². The zero-order valence-electron chi connectivity index (χ0n) is 8.39. The summed E-state index contributed by atoms with van der Waals surface area (Å²) in [6.45, 7) is 8.95. The number of hydrogen-bond acceptors (Lipinski definition) is 0. The molecule has 13 heavy (non-hydrogen) atoms. The maximum atomic E-state index is 13.9. The molecule has 0 radical (unpaired) electrons. The van der Waals surface area contributed by atoms with Crippen molar-refractivity contribution in [2.75, 3.05) is 0 Å². The Kier molecular flexibility index (Phi) is 2.55. The Balaban J connectivity index is 3.30. The van der Waals surface area contributed by atoms with Gasteiger partial charge in [0.15, 0.2) is 5.67 Å². The molecule has 1 heteroatoms. The van der Waals surface area contributed by atoms with Gasteiger partial charge in [-0.05, 0) is 37.5 Å². The summed E-state index contributed by atoms with van der Waals surface area (Å²) in [4.78, 5) is 0. The van der Waals surface area contributed by atoms with E-state index in [-0.39, 0.29) is 0 Å². The van der Waals surface area contributed by atoms with Crippen molar-refractivity contribution in [3.63, 3.8) is 0 Å². The van der Waals surface area contributed by atoms with E-state index in [0.29, 0.717) is 5.56 Å². The second kappa shape index (κ2) is 3.33. The third kappa shape index (κ3) is 1.80. The molecule has 1 unspecified atom stereocenters. The molecule has 0 aliphatic heterocycles. The highest BCUT2D eigenvalue weighted by atomic mass is 19.1. The Morgan fingerprint density at radius 1 is 1.38 bits per heavy atom. The van der Waals surface area contributed by atoms with Crippen LogP contribution in [0.1, 0.15) is 23.6 Å². The fourth-order valence-corrected chi connectivity index (χ4v) is 1.39. The molecule has 0 aliphatic carbocycles. The Morgan fingerprint density at radius 3 is 2.54 bits per heavy atom. The van der Waals surface area contributed by atoms with Crippen molar-refractivity contribution in [1.82, 2.24) is 0 Å². The fourth-order valence-electron chi connectivity index (χ4n) is 1.39. The van der Waals surface area contributed by atoms with Gasteiger partial charge in [0.25, 0.3) is 0 Å². The maximum Gasteiger partial charge on any atom is 0.151 e. The van der Waals surface area contributed by atoms with Gasteiger partial charge in [0.1, 0.15) is 0 Å². The minimum Gasteiger partial charge on any atom is -0.234 e. The van der Waals surface area contributed by atoms with Gasteiger partial charge in [-0.15, -0.1) is 0 Å². The second-order valence-electron chi connectivity index (χ2n) is 3.53. The van der Waals surface area contributed by atoms with Crippen LogP contribution in [0.15, 0.2) is 30.9 Å². The molecule has 0 N–H and O–H groups in total. The van der Waals surface area contributed by atoms with E-state index < -0.39 is 5.67 Å². The summed E-state index contributed by atoms with van der Waals surface area (Å²) in [6.07, 6.45) is 1.34. The third-order valence-electron chi connectivity index (χ3n) is 2.51. The molecule has 0 spiro atoms. The molecule has 0 fully saturated rings. The van der Waals surface area contributed by atoms with Crippen molar-refractivity contribution in [2.45, 2.75) is 26.4 Å². The van der Waals surface area contributed by atoms with Crippen LogP contribution in [-0.2, 0) is 5.67 Å². The highest BCUT2D eigenvalue weighted by molar-refractivity contribution is 5.38. The van der Waals surface area contributed by atoms with E-state index in [1.54, 1.807) is 0 Å². The van der Waals surface area contributed by atoms with Crippen LogP contribution in [0.3, 0.4) is 0 Å². The average molecular weight is 178 g/mol. The van der Waals surface area contributed by atoms with E-state index in [1.807, 2.05) is 32.0 Å². The first-order valence-electron chi connectivity index (χ1n) is 4.38. The van der Waals surface area contributed by atoms with E-state index >= 15 is 0 Å². The molecule has 0 amide bonds. The van der Waals surface area contributed by atoms with Gasteiger partial charge < -0.3 is 0 Å². The van der Waals surface area contributed by atoms with Crippen molar-refractivity contribution in [3.05, 3.63) is 47.5 Å². The molecular formula is C12H15F. The summed E-state index contributed by atoms with van der Waals surface area (Å²) in [5.74, 6) is 0. The molecular weight excluding hydrogens is 163 g/mol.